The largest absolute Gasteiger partial charge is 0.385 e. The molecule has 0 spiro atoms. The predicted octanol–water partition coefficient (Wildman–Crippen LogP) is 7.10. The molecule has 2 saturated heterocycles. The van der Waals surface area contributed by atoms with Crippen LogP contribution in [0.1, 0.15) is 82.5 Å². The van der Waals surface area contributed by atoms with Gasteiger partial charge in [-0.25, -0.2) is 0 Å². The Labute approximate surface area is 286 Å². The van der Waals surface area contributed by atoms with Gasteiger partial charge >= 0.3 is 0 Å². The van der Waals surface area contributed by atoms with Crippen LogP contribution in [0, 0.1) is 13.8 Å². The Morgan fingerprint density at radius 1 is 0.521 bits per heavy atom. The summed E-state index contributed by atoms with van der Waals surface area (Å²) < 4.78 is 0. The van der Waals surface area contributed by atoms with E-state index in [-0.39, 0.29) is 23.7 Å². The van der Waals surface area contributed by atoms with Gasteiger partial charge in [0.05, 0.1) is 23.3 Å². The first-order valence-corrected chi connectivity index (χ1v) is 17.2. The SMILES string of the molecule is Cc1ccc(C(=O)[C@H](C)N2CCC(O)(c3ccccc3)CC2)cc1.Cc1ccc(C(=O)[C@H](C)N2CCC(O)(c3ccccc3)CC2)cc1. The molecule has 0 aliphatic carbocycles. The van der Waals surface area contributed by atoms with Gasteiger partial charge in [0.25, 0.3) is 0 Å². The number of nitrogens with zero attached hydrogens (tertiary/aromatic N) is 2. The Bertz CT molecular complexity index is 1500. The smallest absolute Gasteiger partial charge is 0.179 e. The second-order valence-corrected chi connectivity index (χ2v) is 13.7. The maximum Gasteiger partial charge on any atom is 0.179 e. The number of likely N-dealkylation sites (tertiary alicyclic amines) is 2. The van der Waals surface area contributed by atoms with Crippen LogP contribution < -0.4 is 0 Å². The van der Waals surface area contributed by atoms with Gasteiger partial charge in [0.15, 0.2) is 11.6 Å². The van der Waals surface area contributed by atoms with E-state index in [1.165, 1.54) is 0 Å². The molecule has 2 N–H and O–H groups in total. The van der Waals surface area contributed by atoms with E-state index < -0.39 is 11.2 Å². The predicted molar refractivity (Wildman–Crippen MR) is 192 cm³/mol. The van der Waals surface area contributed by atoms with E-state index >= 15 is 0 Å². The molecule has 2 aliphatic heterocycles. The number of aryl methyl sites for hydroxylation is 2. The summed E-state index contributed by atoms with van der Waals surface area (Å²) in [6, 6.07) is 34.9. The van der Waals surface area contributed by atoms with Crippen LogP contribution in [0.3, 0.4) is 0 Å². The van der Waals surface area contributed by atoms with Crippen LogP contribution in [0.2, 0.25) is 0 Å². The summed E-state index contributed by atoms with van der Waals surface area (Å²) in [5, 5.41) is 21.8. The van der Waals surface area contributed by atoms with Crippen molar-refractivity contribution in [2.45, 2.75) is 76.7 Å². The van der Waals surface area contributed by atoms with Crippen molar-refractivity contribution in [3.05, 3.63) is 143 Å². The summed E-state index contributed by atoms with van der Waals surface area (Å²) >= 11 is 0. The van der Waals surface area contributed by atoms with Gasteiger partial charge in [-0.1, -0.05) is 120 Å². The van der Waals surface area contributed by atoms with Crippen LogP contribution in [0.4, 0.5) is 0 Å². The lowest BCUT2D eigenvalue weighted by atomic mass is 9.84. The molecule has 6 rings (SSSR count). The van der Waals surface area contributed by atoms with Crippen LogP contribution in [-0.4, -0.2) is 69.8 Å². The van der Waals surface area contributed by atoms with E-state index in [1.807, 2.05) is 137 Å². The molecule has 4 aromatic carbocycles. The molecule has 2 atom stereocenters. The molecular formula is C42H50N2O4. The number of piperidine rings is 2. The molecule has 0 amide bonds. The third kappa shape index (κ3) is 8.37. The monoisotopic (exact) mass is 646 g/mol. The molecule has 6 heteroatoms. The molecule has 48 heavy (non-hydrogen) atoms. The molecule has 0 bridgehead atoms. The highest BCUT2D eigenvalue weighted by molar-refractivity contribution is 6.00. The van der Waals surface area contributed by atoms with Crippen molar-refractivity contribution in [1.82, 2.24) is 9.80 Å². The number of hydrogen-bond acceptors (Lipinski definition) is 6. The minimum atomic E-state index is -0.773. The van der Waals surface area contributed by atoms with Gasteiger partial charge in [-0.3, -0.25) is 19.4 Å². The zero-order valence-corrected chi connectivity index (χ0v) is 28.8. The van der Waals surface area contributed by atoms with Gasteiger partial charge in [0, 0.05) is 37.3 Å². The van der Waals surface area contributed by atoms with E-state index in [1.54, 1.807) is 0 Å². The first-order chi connectivity index (χ1) is 23.0. The van der Waals surface area contributed by atoms with Gasteiger partial charge in [-0.2, -0.15) is 0 Å². The minimum absolute atomic E-state index is 0.153. The Balaban J connectivity index is 0.000000188. The zero-order valence-electron chi connectivity index (χ0n) is 28.8. The van der Waals surface area contributed by atoms with E-state index in [2.05, 4.69) is 9.80 Å². The summed E-state index contributed by atoms with van der Waals surface area (Å²) in [5.41, 5.74) is 4.24. The van der Waals surface area contributed by atoms with Crippen LogP contribution >= 0.6 is 0 Å². The van der Waals surface area contributed by atoms with Crippen molar-refractivity contribution in [3.63, 3.8) is 0 Å². The topological polar surface area (TPSA) is 81.1 Å². The van der Waals surface area contributed by atoms with Crippen molar-refractivity contribution in [3.8, 4) is 0 Å². The molecule has 252 valence electrons. The molecule has 4 aromatic rings. The lowest BCUT2D eigenvalue weighted by Gasteiger charge is -2.40. The Kier molecular flexibility index (Phi) is 11.4. The van der Waals surface area contributed by atoms with Crippen LogP contribution in [0.25, 0.3) is 0 Å². The maximum atomic E-state index is 12.7. The maximum absolute atomic E-state index is 12.7. The summed E-state index contributed by atoms with van der Waals surface area (Å²) in [6.45, 7) is 10.9. The molecule has 2 heterocycles. The summed E-state index contributed by atoms with van der Waals surface area (Å²) in [6.07, 6.45) is 2.62. The average Bonchev–Trinajstić information content (AvgIpc) is 3.13. The third-order valence-electron chi connectivity index (χ3n) is 10.4. The highest BCUT2D eigenvalue weighted by Gasteiger charge is 2.37. The second kappa shape index (κ2) is 15.5. The summed E-state index contributed by atoms with van der Waals surface area (Å²) in [7, 11) is 0. The number of hydrogen-bond donors (Lipinski definition) is 2. The van der Waals surface area contributed by atoms with E-state index in [0.29, 0.717) is 25.7 Å². The quantitative estimate of drug-likeness (QED) is 0.199. The van der Waals surface area contributed by atoms with Crippen LogP contribution in [0.15, 0.2) is 109 Å². The Morgan fingerprint density at radius 3 is 1.10 bits per heavy atom. The number of ketones is 2. The summed E-state index contributed by atoms with van der Waals surface area (Å²) in [4.78, 5) is 29.7. The van der Waals surface area contributed by atoms with Crippen molar-refractivity contribution in [2.75, 3.05) is 26.2 Å². The van der Waals surface area contributed by atoms with E-state index in [9.17, 15) is 19.8 Å². The van der Waals surface area contributed by atoms with Gasteiger partial charge in [-0.15, -0.1) is 0 Å². The molecule has 6 nitrogen and oxygen atoms in total. The highest BCUT2D eigenvalue weighted by atomic mass is 16.3. The van der Waals surface area contributed by atoms with Crippen LogP contribution in [-0.2, 0) is 11.2 Å². The zero-order chi connectivity index (χ0) is 34.3. The van der Waals surface area contributed by atoms with Crippen molar-refractivity contribution in [1.29, 1.82) is 0 Å². The average molecular weight is 647 g/mol. The van der Waals surface area contributed by atoms with Gasteiger partial charge in [0.1, 0.15) is 0 Å². The highest BCUT2D eigenvalue weighted by Crippen LogP contribution is 2.34. The number of aliphatic hydroxyl groups is 2. The number of rotatable bonds is 8. The molecule has 2 aliphatic rings. The lowest BCUT2D eigenvalue weighted by molar-refractivity contribution is -0.0320. The Hall–Kier alpha value is -3.94. The Morgan fingerprint density at radius 2 is 0.812 bits per heavy atom. The number of carbonyl (C=O) groups excluding carboxylic acids is 2. The lowest BCUT2D eigenvalue weighted by Crippen LogP contribution is -2.48. The van der Waals surface area contributed by atoms with Gasteiger partial charge in [0.2, 0.25) is 0 Å². The summed E-state index contributed by atoms with van der Waals surface area (Å²) in [5.74, 6) is 0.306. The molecule has 0 radical (unpaired) electrons. The second-order valence-electron chi connectivity index (χ2n) is 13.7. The number of Topliss-reactive ketones (excluding diaryl/α,β-unsaturated/α-hetero) is 2. The van der Waals surface area contributed by atoms with Crippen molar-refractivity contribution < 1.29 is 19.8 Å². The molecule has 0 aromatic heterocycles. The van der Waals surface area contributed by atoms with E-state index in [4.69, 9.17) is 0 Å². The fourth-order valence-corrected chi connectivity index (χ4v) is 6.89. The van der Waals surface area contributed by atoms with E-state index in [0.717, 1.165) is 59.6 Å². The van der Waals surface area contributed by atoms with Gasteiger partial charge < -0.3 is 10.2 Å². The minimum Gasteiger partial charge on any atom is -0.385 e. The standard InChI is InChI=1S/2C21H25NO2/c2*1-16-8-10-18(11-9-16)20(23)17(2)22-14-12-21(24,13-15-22)19-6-4-3-5-7-19/h2*3-11,17,24H,12-15H2,1-2H3/t2*17-/m00/s1. The number of benzene rings is 4. The molecule has 2 fully saturated rings. The normalized spacial score (nSPS) is 19.0. The molecular weight excluding hydrogens is 596 g/mol. The van der Waals surface area contributed by atoms with Crippen molar-refractivity contribution in [2.24, 2.45) is 0 Å². The third-order valence-corrected chi connectivity index (χ3v) is 10.4. The first kappa shape index (κ1) is 35.4. The first-order valence-electron chi connectivity index (χ1n) is 17.2. The number of carbonyl (C=O) groups is 2. The van der Waals surface area contributed by atoms with Crippen molar-refractivity contribution >= 4 is 11.6 Å². The van der Waals surface area contributed by atoms with Gasteiger partial charge in [-0.05, 0) is 64.5 Å². The molecule has 0 unspecified atom stereocenters. The fourth-order valence-electron chi connectivity index (χ4n) is 6.89. The fraction of sp³-hybridized carbons (Fsp3) is 0.381. The molecule has 0 saturated carbocycles. The van der Waals surface area contributed by atoms with Crippen LogP contribution in [0.5, 0.6) is 0 Å².